The lowest BCUT2D eigenvalue weighted by atomic mass is 9.86. The maximum absolute atomic E-state index is 12.6. The van der Waals surface area contributed by atoms with E-state index in [-0.39, 0.29) is 23.7 Å². The van der Waals surface area contributed by atoms with Crippen LogP contribution in [0.2, 0.25) is 0 Å². The van der Waals surface area contributed by atoms with E-state index in [2.05, 4.69) is 17.0 Å². The molecule has 1 aliphatic carbocycles. The Hall–Kier alpha value is -2.47. The molecule has 0 spiro atoms. The van der Waals surface area contributed by atoms with E-state index in [1.165, 1.54) is 25.0 Å². The van der Waals surface area contributed by atoms with Crippen molar-refractivity contribution in [1.82, 2.24) is 5.32 Å². The number of alkyl halides is 2. The molecule has 4 nitrogen and oxygen atoms in total. The molecule has 29 heavy (non-hydrogen) atoms. The Bertz CT molecular complexity index is 768. The number of amides is 1. The van der Waals surface area contributed by atoms with Crippen LogP contribution in [0.3, 0.4) is 0 Å². The summed E-state index contributed by atoms with van der Waals surface area (Å²) in [4.78, 5) is 12.6. The Balaban J connectivity index is 1.67. The van der Waals surface area contributed by atoms with Gasteiger partial charge in [0.25, 0.3) is 5.91 Å². The summed E-state index contributed by atoms with van der Waals surface area (Å²) in [7, 11) is 0. The molecule has 2 aromatic rings. The van der Waals surface area contributed by atoms with Gasteiger partial charge >= 0.3 is 6.61 Å². The third kappa shape index (κ3) is 6.26. The zero-order chi connectivity index (χ0) is 20.6. The summed E-state index contributed by atoms with van der Waals surface area (Å²) in [5, 5.41) is 5.17. The average Bonchev–Trinajstić information content (AvgIpc) is 2.71. The predicted molar refractivity (Wildman–Crippen MR) is 108 cm³/mol. The van der Waals surface area contributed by atoms with Gasteiger partial charge in [0.2, 0.25) is 0 Å². The van der Waals surface area contributed by atoms with Crippen LogP contribution in [0.25, 0.3) is 0 Å². The van der Waals surface area contributed by atoms with Crippen molar-refractivity contribution in [2.45, 2.75) is 51.3 Å². The van der Waals surface area contributed by atoms with E-state index < -0.39 is 6.61 Å². The topological polar surface area (TPSA) is 54.9 Å². The van der Waals surface area contributed by atoms with Crippen molar-refractivity contribution in [1.29, 1.82) is 0 Å². The molecule has 1 aliphatic rings. The van der Waals surface area contributed by atoms with Crippen LogP contribution < -0.4 is 15.4 Å². The standard InChI is InChI=1S/C23H28F2N2O2/c1-16-7-5-6-10-20(16)27-21(28)15-26-22(17-8-3-2-4-9-17)18-11-13-19(14-12-18)29-23(24)25/h2-4,8-9,11-14,16,20,22-23,26H,5-7,10,15H2,1H3,(H,27,28)/p+1/t16-,20-,22+/m1/s1. The number of hydrogen-bond acceptors (Lipinski definition) is 2. The molecule has 0 unspecified atom stereocenters. The van der Waals surface area contributed by atoms with Gasteiger partial charge in [-0.2, -0.15) is 8.78 Å². The number of carbonyl (C=O) groups excluding carboxylic acids is 1. The largest absolute Gasteiger partial charge is 0.435 e. The van der Waals surface area contributed by atoms with Crippen molar-refractivity contribution in [2.24, 2.45) is 5.92 Å². The van der Waals surface area contributed by atoms with Crippen molar-refractivity contribution >= 4 is 5.91 Å². The van der Waals surface area contributed by atoms with Gasteiger partial charge in [0.15, 0.2) is 6.54 Å². The summed E-state index contributed by atoms with van der Waals surface area (Å²) in [5.74, 6) is 0.668. The minimum absolute atomic E-state index is 0.0299. The first kappa shape index (κ1) is 21.2. The minimum Gasteiger partial charge on any atom is -0.435 e. The van der Waals surface area contributed by atoms with Gasteiger partial charge in [-0.05, 0) is 43.0 Å². The first-order valence-electron chi connectivity index (χ1n) is 10.3. The number of carbonyl (C=O) groups is 1. The van der Waals surface area contributed by atoms with Crippen molar-refractivity contribution in [3.05, 3.63) is 65.7 Å². The Morgan fingerprint density at radius 3 is 2.38 bits per heavy atom. The van der Waals surface area contributed by atoms with E-state index in [1.807, 2.05) is 35.6 Å². The number of rotatable bonds is 8. The highest BCUT2D eigenvalue weighted by Crippen LogP contribution is 2.24. The summed E-state index contributed by atoms with van der Waals surface area (Å²) < 4.78 is 29.2. The van der Waals surface area contributed by atoms with E-state index in [9.17, 15) is 13.6 Å². The normalized spacial score (nSPS) is 20.3. The zero-order valence-corrected chi connectivity index (χ0v) is 16.7. The van der Waals surface area contributed by atoms with E-state index in [4.69, 9.17) is 0 Å². The smallest absolute Gasteiger partial charge is 0.387 e. The van der Waals surface area contributed by atoms with Crippen LogP contribution in [0, 0.1) is 5.92 Å². The van der Waals surface area contributed by atoms with Crippen LogP contribution in [-0.2, 0) is 4.79 Å². The summed E-state index contributed by atoms with van der Waals surface area (Å²) >= 11 is 0. The van der Waals surface area contributed by atoms with Crippen molar-refractivity contribution in [2.75, 3.05) is 6.54 Å². The number of nitrogens with two attached hydrogens (primary N) is 1. The first-order chi connectivity index (χ1) is 14.0. The summed E-state index contributed by atoms with van der Waals surface area (Å²) in [6, 6.07) is 16.6. The van der Waals surface area contributed by atoms with Crippen molar-refractivity contribution < 1.29 is 23.6 Å². The quantitative estimate of drug-likeness (QED) is 0.707. The van der Waals surface area contributed by atoms with Gasteiger partial charge in [-0.25, -0.2) is 0 Å². The molecular formula is C23H29F2N2O2+. The van der Waals surface area contributed by atoms with Gasteiger partial charge in [-0.3, -0.25) is 4.79 Å². The van der Waals surface area contributed by atoms with Crippen LogP contribution >= 0.6 is 0 Å². The second kappa shape index (κ2) is 10.3. The van der Waals surface area contributed by atoms with Crippen LogP contribution in [0.1, 0.15) is 49.8 Å². The number of quaternary nitrogens is 1. The molecule has 0 radical (unpaired) electrons. The number of ether oxygens (including phenoxy) is 1. The molecule has 0 bridgehead atoms. The fourth-order valence-electron chi connectivity index (χ4n) is 4.00. The zero-order valence-electron chi connectivity index (χ0n) is 16.7. The van der Waals surface area contributed by atoms with E-state index in [1.54, 1.807) is 12.1 Å². The van der Waals surface area contributed by atoms with E-state index in [0.717, 1.165) is 24.0 Å². The number of halogens is 2. The van der Waals surface area contributed by atoms with E-state index >= 15 is 0 Å². The van der Waals surface area contributed by atoms with Gasteiger partial charge in [0.05, 0.1) is 0 Å². The minimum atomic E-state index is -2.84. The maximum atomic E-state index is 12.6. The SMILES string of the molecule is C[C@@H]1CCCC[C@H]1NC(=O)C[NH2+][C@@H](c1ccccc1)c1ccc(OC(F)F)cc1. The molecule has 0 heterocycles. The van der Waals surface area contributed by atoms with Crippen LogP contribution in [0.5, 0.6) is 5.75 Å². The molecule has 3 atom stereocenters. The van der Waals surface area contributed by atoms with Gasteiger partial charge in [-0.1, -0.05) is 50.1 Å². The summed E-state index contributed by atoms with van der Waals surface area (Å²) in [6.07, 6.45) is 4.61. The molecule has 156 valence electrons. The van der Waals surface area contributed by atoms with Gasteiger partial charge in [-0.15, -0.1) is 0 Å². The molecule has 0 aliphatic heterocycles. The summed E-state index contributed by atoms with van der Waals surface area (Å²) in [6.45, 7) is -0.343. The third-order valence-corrected chi connectivity index (χ3v) is 5.62. The number of nitrogens with one attached hydrogen (secondary N) is 1. The molecule has 6 heteroatoms. The molecule has 1 amide bonds. The molecule has 1 saturated carbocycles. The van der Waals surface area contributed by atoms with Crippen molar-refractivity contribution in [3.8, 4) is 5.75 Å². The van der Waals surface area contributed by atoms with Gasteiger partial charge in [0.1, 0.15) is 11.8 Å². The monoisotopic (exact) mass is 403 g/mol. The lowest BCUT2D eigenvalue weighted by Gasteiger charge is -2.29. The molecule has 0 saturated heterocycles. The maximum Gasteiger partial charge on any atom is 0.387 e. The lowest BCUT2D eigenvalue weighted by molar-refractivity contribution is -0.676. The summed E-state index contributed by atoms with van der Waals surface area (Å²) in [5.41, 5.74) is 1.98. The predicted octanol–water partition coefficient (Wildman–Crippen LogP) is 3.64. The molecule has 3 rings (SSSR count). The van der Waals surface area contributed by atoms with Crippen molar-refractivity contribution in [3.63, 3.8) is 0 Å². The second-order valence-electron chi connectivity index (χ2n) is 7.71. The van der Waals surface area contributed by atoms with Crippen LogP contribution in [0.15, 0.2) is 54.6 Å². The Labute approximate surface area is 170 Å². The molecule has 0 aromatic heterocycles. The molecule has 1 fully saturated rings. The Kier molecular flexibility index (Phi) is 7.58. The Morgan fingerprint density at radius 1 is 1.07 bits per heavy atom. The molecule has 3 N–H and O–H groups in total. The fourth-order valence-corrected chi connectivity index (χ4v) is 4.00. The third-order valence-electron chi connectivity index (χ3n) is 5.62. The van der Waals surface area contributed by atoms with Gasteiger partial charge in [0, 0.05) is 17.2 Å². The fraction of sp³-hybridized carbons (Fsp3) is 0.435. The number of benzene rings is 2. The first-order valence-corrected chi connectivity index (χ1v) is 10.3. The average molecular weight is 403 g/mol. The van der Waals surface area contributed by atoms with E-state index in [0.29, 0.717) is 12.5 Å². The Morgan fingerprint density at radius 2 is 1.72 bits per heavy atom. The number of hydrogen-bond donors (Lipinski definition) is 2. The highest BCUT2D eigenvalue weighted by atomic mass is 19.3. The molecule has 2 aromatic carbocycles. The van der Waals surface area contributed by atoms with Gasteiger partial charge < -0.3 is 15.4 Å². The highest BCUT2D eigenvalue weighted by molar-refractivity contribution is 5.77. The second-order valence-corrected chi connectivity index (χ2v) is 7.71. The molecular weight excluding hydrogens is 374 g/mol. The lowest BCUT2D eigenvalue weighted by Crippen LogP contribution is -2.88. The highest BCUT2D eigenvalue weighted by Gasteiger charge is 2.24. The van der Waals surface area contributed by atoms with Crippen LogP contribution in [-0.4, -0.2) is 25.1 Å². The van der Waals surface area contributed by atoms with Crippen LogP contribution in [0.4, 0.5) is 8.78 Å².